The van der Waals surface area contributed by atoms with Crippen LogP contribution < -0.4 is 4.74 Å². The maximum atomic E-state index is 11.7. The molecule has 19 heavy (non-hydrogen) atoms. The molecule has 1 fully saturated rings. The Balaban J connectivity index is 2.52. The van der Waals surface area contributed by atoms with Gasteiger partial charge in [-0.05, 0) is 37.5 Å². The summed E-state index contributed by atoms with van der Waals surface area (Å²) >= 11 is 0. The Labute approximate surface area is 114 Å². The Morgan fingerprint density at radius 3 is 2.16 bits per heavy atom. The Morgan fingerprint density at radius 1 is 1.05 bits per heavy atom. The lowest BCUT2D eigenvalue weighted by molar-refractivity contribution is -0.130. The zero-order chi connectivity index (χ0) is 14.2. The average molecular weight is 260 g/mol. The monoisotopic (exact) mass is 260 g/mol. The van der Waals surface area contributed by atoms with Gasteiger partial charge in [0.1, 0.15) is 17.3 Å². The van der Waals surface area contributed by atoms with E-state index in [1.54, 1.807) is 7.11 Å². The summed E-state index contributed by atoms with van der Waals surface area (Å²) in [6.07, 6.45) is 1.000. The lowest BCUT2D eigenvalue weighted by Crippen LogP contribution is -2.22. The van der Waals surface area contributed by atoms with Crippen LogP contribution in [0.5, 0.6) is 5.75 Å². The van der Waals surface area contributed by atoms with E-state index >= 15 is 0 Å². The number of benzene rings is 1. The lowest BCUT2D eigenvalue weighted by Gasteiger charge is -2.26. The molecule has 1 aromatic carbocycles. The second-order valence-corrected chi connectivity index (χ2v) is 5.44. The van der Waals surface area contributed by atoms with Crippen molar-refractivity contribution in [1.82, 2.24) is 0 Å². The third kappa shape index (κ3) is 2.55. The van der Waals surface area contributed by atoms with E-state index < -0.39 is 0 Å². The van der Waals surface area contributed by atoms with E-state index in [4.69, 9.17) is 4.74 Å². The first-order valence-electron chi connectivity index (χ1n) is 6.62. The molecule has 0 spiro atoms. The minimum Gasteiger partial charge on any atom is -0.496 e. The number of aryl methyl sites for hydroxylation is 2. The number of methoxy groups -OCH3 is 1. The molecular weight excluding hydrogens is 240 g/mol. The molecule has 0 atom stereocenters. The summed E-state index contributed by atoms with van der Waals surface area (Å²) in [6, 6.07) is 2.11. The van der Waals surface area contributed by atoms with Crippen LogP contribution in [0.15, 0.2) is 6.07 Å². The lowest BCUT2D eigenvalue weighted by atomic mass is 9.79. The van der Waals surface area contributed by atoms with Crippen molar-refractivity contribution in [2.75, 3.05) is 7.11 Å². The number of Topliss-reactive ketones (excluding diaryl/α,β-unsaturated/α-hetero) is 2. The quantitative estimate of drug-likeness (QED) is 0.768. The zero-order valence-corrected chi connectivity index (χ0v) is 12.0. The van der Waals surface area contributed by atoms with Crippen molar-refractivity contribution < 1.29 is 14.3 Å². The van der Waals surface area contributed by atoms with E-state index in [0.717, 1.165) is 22.4 Å². The summed E-state index contributed by atoms with van der Waals surface area (Å²) < 4.78 is 5.54. The highest BCUT2D eigenvalue weighted by molar-refractivity contribution is 6.02. The number of hydrogen-bond acceptors (Lipinski definition) is 3. The first-order valence-corrected chi connectivity index (χ1v) is 6.62. The Hall–Kier alpha value is -1.64. The fourth-order valence-electron chi connectivity index (χ4n) is 3.03. The second kappa shape index (κ2) is 5.16. The fraction of sp³-hybridized carbons (Fsp3) is 0.500. The van der Waals surface area contributed by atoms with E-state index in [9.17, 15) is 9.59 Å². The number of carbonyl (C=O) groups excluding carboxylic acids is 2. The smallest absolute Gasteiger partial charge is 0.140 e. The average Bonchev–Trinajstić information content (AvgIpc) is 2.31. The van der Waals surface area contributed by atoms with Crippen LogP contribution >= 0.6 is 0 Å². The minimum absolute atomic E-state index is 0.0250. The Kier molecular flexibility index (Phi) is 3.74. The zero-order valence-electron chi connectivity index (χ0n) is 12.0. The van der Waals surface area contributed by atoms with Crippen molar-refractivity contribution in [3.8, 4) is 5.75 Å². The third-order valence-electron chi connectivity index (χ3n) is 3.99. The van der Waals surface area contributed by atoms with Gasteiger partial charge in [0.05, 0.1) is 13.5 Å². The van der Waals surface area contributed by atoms with E-state index in [2.05, 4.69) is 6.07 Å². The normalized spacial score (nSPS) is 16.8. The molecular formula is C16H20O3. The highest BCUT2D eigenvalue weighted by atomic mass is 16.5. The van der Waals surface area contributed by atoms with Gasteiger partial charge in [-0.3, -0.25) is 9.59 Å². The number of ether oxygens (including phenoxy) is 1. The predicted octanol–water partition coefficient (Wildman–Crippen LogP) is 3.03. The molecule has 1 saturated carbocycles. The molecule has 0 bridgehead atoms. The molecule has 1 aliphatic rings. The van der Waals surface area contributed by atoms with Crippen molar-refractivity contribution in [3.05, 3.63) is 28.3 Å². The van der Waals surface area contributed by atoms with Crippen LogP contribution in [0.4, 0.5) is 0 Å². The molecule has 3 heteroatoms. The fourth-order valence-corrected chi connectivity index (χ4v) is 3.03. The van der Waals surface area contributed by atoms with Crippen LogP contribution in [0.25, 0.3) is 0 Å². The van der Waals surface area contributed by atoms with Gasteiger partial charge < -0.3 is 4.74 Å². The van der Waals surface area contributed by atoms with Gasteiger partial charge in [-0.1, -0.05) is 6.07 Å². The number of carbonyl (C=O) groups is 2. The summed E-state index contributed by atoms with van der Waals surface area (Å²) in [5.41, 5.74) is 4.40. The molecule has 1 aliphatic carbocycles. The van der Waals surface area contributed by atoms with Gasteiger partial charge in [0.2, 0.25) is 0 Å². The largest absolute Gasteiger partial charge is 0.496 e. The van der Waals surface area contributed by atoms with Crippen LogP contribution in [0.1, 0.15) is 47.4 Å². The standard InChI is InChI=1S/C16H20O3/c1-9-5-10(2)15(16(19-4)11(9)3)12-6-13(17)8-14(18)7-12/h5,12H,6-8H2,1-4H3. The molecule has 0 heterocycles. The maximum Gasteiger partial charge on any atom is 0.140 e. The first-order chi connectivity index (χ1) is 8.93. The van der Waals surface area contributed by atoms with Crippen LogP contribution in [-0.4, -0.2) is 18.7 Å². The molecule has 0 aromatic heterocycles. The SMILES string of the molecule is COc1c(C)c(C)cc(C)c1C1CC(=O)CC(=O)C1. The summed E-state index contributed by atoms with van der Waals surface area (Å²) in [5, 5.41) is 0. The van der Waals surface area contributed by atoms with E-state index in [-0.39, 0.29) is 23.9 Å². The van der Waals surface area contributed by atoms with E-state index in [0.29, 0.717) is 12.8 Å². The van der Waals surface area contributed by atoms with Crippen molar-refractivity contribution in [2.45, 2.75) is 46.0 Å². The van der Waals surface area contributed by atoms with Crippen molar-refractivity contribution in [2.24, 2.45) is 0 Å². The molecule has 102 valence electrons. The topological polar surface area (TPSA) is 43.4 Å². The highest BCUT2D eigenvalue weighted by Crippen LogP contribution is 2.40. The Bertz CT molecular complexity index is 527. The van der Waals surface area contributed by atoms with E-state index in [1.807, 2.05) is 20.8 Å². The number of hydrogen-bond donors (Lipinski definition) is 0. The van der Waals surface area contributed by atoms with Gasteiger partial charge >= 0.3 is 0 Å². The molecule has 1 aromatic rings. The van der Waals surface area contributed by atoms with Gasteiger partial charge in [0, 0.05) is 24.3 Å². The molecule has 0 N–H and O–H groups in total. The van der Waals surface area contributed by atoms with Crippen molar-refractivity contribution >= 4 is 11.6 Å². The van der Waals surface area contributed by atoms with Crippen LogP contribution in [-0.2, 0) is 9.59 Å². The number of ketones is 2. The third-order valence-corrected chi connectivity index (χ3v) is 3.99. The van der Waals surface area contributed by atoms with Gasteiger partial charge in [0.25, 0.3) is 0 Å². The molecule has 2 rings (SSSR count). The second-order valence-electron chi connectivity index (χ2n) is 5.44. The van der Waals surface area contributed by atoms with Gasteiger partial charge in [-0.15, -0.1) is 0 Å². The molecule has 0 aliphatic heterocycles. The van der Waals surface area contributed by atoms with Gasteiger partial charge in [0.15, 0.2) is 0 Å². The van der Waals surface area contributed by atoms with Gasteiger partial charge in [-0.2, -0.15) is 0 Å². The Morgan fingerprint density at radius 2 is 1.63 bits per heavy atom. The summed E-state index contributed by atoms with van der Waals surface area (Å²) in [4.78, 5) is 23.3. The highest BCUT2D eigenvalue weighted by Gasteiger charge is 2.30. The molecule has 0 radical (unpaired) electrons. The van der Waals surface area contributed by atoms with Crippen LogP contribution in [0, 0.1) is 20.8 Å². The van der Waals surface area contributed by atoms with Crippen LogP contribution in [0.2, 0.25) is 0 Å². The molecule has 0 saturated heterocycles. The van der Waals surface area contributed by atoms with Crippen molar-refractivity contribution in [3.63, 3.8) is 0 Å². The van der Waals surface area contributed by atoms with Crippen LogP contribution in [0.3, 0.4) is 0 Å². The predicted molar refractivity (Wildman–Crippen MR) is 73.8 cm³/mol. The summed E-state index contributed by atoms with van der Waals surface area (Å²) in [7, 11) is 1.65. The van der Waals surface area contributed by atoms with Crippen molar-refractivity contribution in [1.29, 1.82) is 0 Å². The first kappa shape index (κ1) is 13.8. The maximum absolute atomic E-state index is 11.7. The minimum atomic E-state index is -0.0250. The molecule has 0 amide bonds. The van der Waals surface area contributed by atoms with E-state index in [1.165, 1.54) is 5.56 Å². The molecule has 3 nitrogen and oxygen atoms in total. The summed E-state index contributed by atoms with van der Waals surface area (Å²) in [6.45, 7) is 6.09. The van der Waals surface area contributed by atoms with Gasteiger partial charge in [-0.25, -0.2) is 0 Å². The summed E-state index contributed by atoms with van der Waals surface area (Å²) in [5.74, 6) is 0.898. The molecule has 0 unspecified atom stereocenters. The number of rotatable bonds is 2.